The van der Waals surface area contributed by atoms with Gasteiger partial charge in [0.15, 0.2) is 11.6 Å². The van der Waals surface area contributed by atoms with Crippen LogP contribution in [-0.2, 0) is 23.8 Å². The fourth-order valence-corrected chi connectivity index (χ4v) is 9.54. The number of nitrogens with two attached hydrogens (primary N) is 1. The number of esters is 1. The first-order chi connectivity index (χ1) is 25.8. The van der Waals surface area contributed by atoms with Crippen LogP contribution in [0.3, 0.4) is 0 Å². The number of carbonyl (C=O) groups excluding carboxylic acids is 2. The predicted octanol–water partition coefficient (Wildman–Crippen LogP) is 6.06. The first-order valence-corrected chi connectivity index (χ1v) is 21.9. The minimum atomic E-state index is -0.896. The van der Waals surface area contributed by atoms with Gasteiger partial charge >= 0.3 is 11.9 Å². The zero-order valence-electron chi connectivity index (χ0n) is 33.2. The lowest BCUT2D eigenvalue weighted by Gasteiger charge is -2.49. The SMILES string of the molecule is CC[C@@H]1C=CCC[C@]2(C[C@H]3CC[C@H]4[C@@H](C(=O)OC(C)CCCCCCCCCCCCCCC(O)C(=O)NCCCN)[C@@]5(CCCCO5)NC(=[N+]34)N2)O1. The Hall–Kier alpha value is -2.21. The molecule has 1 amide bonds. The second kappa shape index (κ2) is 21.2. The minimum absolute atomic E-state index is 0.0650. The molecule has 0 aliphatic carbocycles. The van der Waals surface area contributed by atoms with Crippen LogP contribution in [0.4, 0.5) is 0 Å². The van der Waals surface area contributed by atoms with E-state index >= 15 is 0 Å². The number of aliphatic hydroxyl groups is 1. The molecular formula is C42H74N5O6+. The number of nitrogens with zero attached hydrogens (tertiary/aromatic N) is 1. The molecule has 0 aromatic carbocycles. The molecule has 2 unspecified atom stereocenters. The van der Waals surface area contributed by atoms with E-state index in [0.717, 1.165) is 95.9 Å². The fourth-order valence-electron chi connectivity index (χ4n) is 9.54. The van der Waals surface area contributed by atoms with Gasteiger partial charge in [-0.3, -0.25) is 14.2 Å². The quantitative estimate of drug-likeness (QED) is 0.0387. The first kappa shape index (κ1) is 41.9. The molecule has 53 heavy (non-hydrogen) atoms. The summed E-state index contributed by atoms with van der Waals surface area (Å²) in [6.45, 7) is 5.98. The third kappa shape index (κ3) is 11.7. The highest BCUT2D eigenvalue weighted by Crippen LogP contribution is 2.45. The molecule has 5 aliphatic heterocycles. The largest absolute Gasteiger partial charge is 0.462 e. The summed E-state index contributed by atoms with van der Waals surface area (Å²) in [4.78, 5) is 26.0. The summed E-state index contributed by atoms with van der Waals surface area (Å²) in [5.74, 6) is 0.267. The summed E-state index contributed by atoms with van der Waals surface area (Å²) in [6.07, 6.45) is 28.7. The maximum Gasteiger partial charge on any atom is 0.350 e. The van der Waals surface area contributed by atoms with E-state index in [9.17, 15) is 14.7 Å². The topological polar surface area (TPSA) is 147 Å². The van der Waals surface area contributed by atoms with Gasteiger partial charge in [0.1, 0.15) is 6.10 Å². The highest BCUT2D eigenvalue weighted by molar-refractivity contribution is 5.82. The van der Waals surface area contributed by atoms with Crippen molar-refractivity contribution in [2.24, 2.45) is 11.7 Å². The summed E-state index contributed by atoms with van der Waals surface area (Å²) in [5, 5.41) is 20.3. The van der Waals surface area contributed by atoms with Crippen molar-refractivity contribution in [3.8, 4) is 0 Å². The monoisotopic (exact) mass is 745 g/mol. The molecule has 5 rings (SSSR count). The van der Waals surface area contributed by atoms with Crippen LogP contribution in [0.1, 0.15) is 168 Å². The van der Waals surface area contributed by atoms with E-state index in [1.165, 1.54) is 57.8 Å². The molecule has 5 heterocycles. The van der Waals surface area contributed by atoms with Gasteiger partial charge in [0.2, 0.25) is 11.6 Å². The maximum absolute atomic E-state index is 14.1. The first-order valence-electron chi connectivity index (χ1n) is 21.9. The number of amides is 1. The lowest BCUT2D eigenvalue weighted by atomic mass is 9.81. The van der Waals surface area contributed by atoms with Crippen LogP contribution in [0.2, 0.25) is 0 Å². The van der Waals surface area contributed by atoms with E-state index in [0.29, 0.717) is 32.2 Å². The molecule has 0 saturated carbocycles. The number of hydrogen-bond acceptors (Lipinski definition) is 9. The molecular weight excluding hydrogens is 670 g/mol. The Morgan fingerprint density at radius 3 is 2.34 bits per heavy atom. The average Bonchev–Trinajstić information content (AvgIpc) is 3.45. The molecule has 2 fully saturated rings. The second-order valence-electron chi connectivity index (χ2n) is 16.7. The van der Waals surface area contributed by atoms with Gasteiger partial charge in [-0.15, -0.1) is 0 Å². The normalized spacial score (nSPS) is 30.3. The highest BCUT2D eigenvalue weighted by atomic mass is 16.6. The Labute approximate surface area is 320 Å². The molecule has 2 saturated heterocycles. The number of guanidine groups is 1. The summed E-state index contributed by atoms with van der Waals surface area (Å²) in [5.41, 5.74) is 4.29. The molecule has 5 aliphatic rings. The van der Waals surface area contributed by atoms with Crippen molar-refractivity contribution in [2.75, 3.05) is 19.7 Å². The van der Waals surface area contributed by atoms with Gasteiger partial charge in [-0.25, -0.2) is 10.6 Å². The van der Waals surface area contributed by atoms with Gasteiger partial charge in [-0.1, -0.05) is 89.7 Å². The van der Waals surface area contributed by atoms with Crippen LogP contribution in [0, 0.1) is 5.92 Å². The van der Waals surface area contributed by atoms with E-state index in [-0.39, 0.29) is 36.0 Å². The van der Waals surface area contributed by atoms with Gasteiger partial charge in [0.05, 0.1) is 30.9 Å². The average molecular weight is 745 g/mol. The fraction of sp³-hybridized carbons (Fsp3) is 0.881. The molecule has 11 heteroatoms. The molecule has 11 nitrogen and oxygen atoms in total. The number of ether oxygens (including phenoxy) is 3. The lowest BCUT2D eigenvalue weighted by Crippen LogP contribution is -2.76. The third-order valence-electron chi connectivity index (χ3n) is 12.5. The molecule has 0 bridgehead atoms. The number of rotatable bonds is 22. The molecule has 8 atom stereocenters. The van der Waals surface area contributed by atoms with Crippen molar-refractivity contribution >= 4 is 17.8 Å². The Bertz CT molecular complexity index is 1210. The van der Waals surface area contributed by atoms with Crippen molar-refractivity contribution in [3.63, 3.8) is 0 Å². The van der Waals surface area contributed by atoms with E-state index in [1.54, 1.807) is 0 Å². The Morgan fingerprint density at radius 1 is 0.981 bits per heavy atom. The predicted molar refractivity (Wildman–Crippen MR) is 208 cm³/mol. The lowest BCUT2D eigenvalue weighted by molar-refractivity contribution is -0.609. The van der Waals surface area contributed by atoms with E-state index < -0.39 is 17.6 Å². The van der Waals surface area contributed by atoms with E-state index in [2.05, 4.69) is 46.5 Å². The molecule has 2 spiro atoms. The van der Waals surface area contributed by atoms with E-state index in [4.69, 9.17) is 19.9 Å². The van der Waals surface area contributed by atoms with Gasteiger partial charge in [0.25, 0.3) is 0 Å². The molecule has 0 aromatic rings. The van der Waals surface area contributed by atoms with Crippen molar-refractivity contribution in [1.82, 2.24) is 16.0 Å². The second-order valence-corrected chi connectivity index (χ2v) is 16.7. The van der Waals surface area contributed by atoms with Crippen LogP contribution in [0.5, 0.6) is 0 Å². The molecule has 302 valence electrons. The van der Waals surface area contributed by atoms with Crippen LogP contribution in [0.15, 0.2) is 12.2 Å². The number of nitrogens with one attached hydrogen (secondary N) is 3. The molecule has 0 radical (unpaired) electrons. The zero-order valence-corrected chi connectivity index (χ0v) is 33.2. The van der Waals surface area contributed by atoms with Crippen molar-refractivity contribution < 1.29 is 33.5 Å². The highest BCUT2D eigenvalue weighted by Gasteiger charge is 2.64. The molecule has 6 N–H and O–H groups in total. The number of carbonyl (C=O) groups is 2. The summed E-state index contributed by atoms with van der Waals surface area (Å²) < 4.78 is 22.1. The summed E-state index contributed by atoms with van der Waals surface area (Å²) in [7, 11) is 0. The third-order valence-corrected chi connectivity index (χ3v) is 12.5. The van der Waals surface area contributed by atoms with Gasteiger partial charge < -0.3 is 30.4 Å². The van der Waals surface area contributed by atoms with Crippen molar-refractivity contribution in [2.45, 2.75) is 210 Å². The number of aliphatic hydroxyl groups excluding tert-OH is 1. The minimum Gasteiger partial charge on any atom is -0.462 e. The van der Waals surface area contributed by atoms with Crippen LogP contribution >= 0.6 is 0 Å². The zero-order chi connectivity index (χ0) is 37.5. The van der Waals surface area contributed by atoms with E-state index in [1.807, 2.05) is 0 Å². The Balaban J connectivity index is 0.967. The molecule has 0 aromatic heterocycles. The summed E-state index contributed by atoms with van der Waals surface area (Å²) >= 11 is 0. The van der Waals surface area contributed by atoms with Crippen molar-refractivity contribution in [3.05, 3.63) is 12.2 Å². The van der Waals surface area contributed by atoms with Crippen LogP contribution in [0.25, 0.3) is 0 Å². The van der Waals surface area contributed by atoms with Crippen LogP contribution in [-0.4, -0.2) is 89.1 Å². The number of allylic oxidation sites excluding steroid dienone is 1. The number of hydrogen-bond donors (Lipinski definition) is 5. The summed E-state index contributed by atoms with van der Waals surface area (Å²) in [6, 6.07) is 0.396. The Morgan fingerprint density at radius 2 is 1.68 bits per heavy atom. The van der Waals surface area contributed by atoms with Crippen molar-refractivity contribution in [1.29, 1.82) is 0 Å². The standard InChI is InChI=1S/C42H73N5O6/c1-3-34-22-16-17-26-41(53-34)31-33-24-25-35-37(42(27-18-19-30-51-42)46-40(45-41)47(33)35)39(50)52-32(2)21-14-12-10-8-6-4-5-7-9-11-13-15-23-36(48)38(49)44-29-20-28-43/h16,22,32-37,48H,3-15,17-21,23-31,43H2,1-2H3,(H2,44,45,46,49)/p+1/t32?,33-,34-,35+,36?,37+,41-,42+/m1/s1. The number of unbranched alkanes of at least 4 members (excludes halogenated alkanes) is 11. The van der Waals surface area contributed by atoms with Crippen LogP contribution < -0.4 is 21.7 Å². The van der Waals surface area contributed by atoms with Gasteiger partial charge in [-0.2, -0.15) is 0 Å². The maximum atomic E-state index is 14.1. The smallest absolute Gasteiger partial charge is 0.350 e. The Kier molecular flexibility index (Phi) is 16.8. The van der Waals surface area contributed by atoms with Gasteiger partial charge in [-0.05, 0) is 77.7 Å². The van der Waals surface area contributed by atoms with Gasteiger partial charge in [0, 0.05) is 25.8 Å².